The smallest absolute Gasteiger partial charge is 0.335 e. The summed E-state index contributed by atoms with van der Waals surface area (Å²) >= 11 is 0. The second kappa shape index (κ2) is 11.6. The van der Waals surface area contributed by atoms with Crippen molar-refractivity contribution in [3.8, 4) is 5.69 Å². The predicted octanol–water partition coefficient (Wildman–Crippen LogP) is 3.52. The fourth-order valence-corrected chi connectivity index (χ4v) is 3.75. The maximum atomic E-state index is 12.9. The van der Waals surface area contributed by atoms with Gasteiger partial charge in [0.05, 0.1) is 17.3 Å². The van der Waals surface area contributed by atoms with E-state index in [9.17, 15) is 9.59 Å². The molecule has 0 spiro atoms. The van der Waals surface area contributed by atoms with Crippen LogP contribution in [0.1, 0.15) is 27.0 Å². The third kappa shape index (κ3) is 6.63. The molecule has 0 saturated heterocycles. The van der Waals surface area contributed by atoms with Crippen LogP contribution in [-0.4, -0.2) is 49.8 Å². The van der Waals surface area contributed by atoms with Crippen LogP contribution in [-0.2, 0) is 11.2 Å². The first kappa shape index (κ1) is 24.3. The van der Waals surface area contributed by atoms with Crippen LogP contribution >= 0.6 is 0 Å². The standard InChI is InChI=1S/C27H26N6O3/c1-19-7-13-25(33-18-29-31-32-33)22(15-19)10-14-26(34)30-24(16-20-5-3-2-4-6-20)17-28-23-11-8-21(9-12-23)27(35)36/h2-15,18,24,28H,16-17H2,1H3,(H,30,34)(H,35,36)/b14-10+/t24-/m0/s1. The quantitative estimate of drug-likeness (QED) is 0.296. The van der Waals surface area contributed by atoms with E-state index in [0.717, 1.165) is 28.1 Å². The Kier molecular flexibility index (Phi) is 7.82. The van der Waals surface area contributed by atoms with Gasteiger partial charge in [-0.3, -0.25) is 4.79 Å². The monoisotopic (exact) mass is 482 g/mol. The molecule has 1 atom stereocenters. The summed E-state index contributed by atoms with van der Waals surface area (Å²) in [6, 6.07) is 22.0. The zero-order valence-corrected chi connectivity index (χ0v) is 19.7. The second-order valence-corrected chi connectivity index (χ2v) is 8.31. The second-order valence-electron chi connectivity index (χ2n) is 8.31. The highest BCUT2D eigenvalue weighted by Gasteiger charge is 2.13. The topological polar surface area (TPSA) is 122 Å². The summed E-state index contributed by atoms with van der Waals surface area (Å²) < 4.78 is 1.55. The minimum atomic E-state index is -0.973. The molecule has 9 heteroatoms. The lowest BCUT2D eigenvalue weighted by Gasteiger charge is -2.19. The van der Waals surface area contributed by atoms with Gasteiger partial charge in [0.2, 0.25) is 5.91 Å². The van der Waals surface area contributed by atoms with Gasteiger partial charge in [-0.2, -0.15) is 4.68 Å². The van der Waals surface area contributed by atoms with Gasteiger partial charge in [0.1, 0.15) is 6.33 Å². The van der Waals surface area contributed by atoms with Crippen molar-refractivity contribution in [2.45, 2.75) is 19.4 Å². The fourth-order valence-electron chi connectivity index (χ4n) is 3.75. The number of tetrazole rings is 1. The summed E-state index contributed by atoms with van der Waals surface area (Å²) in [5, 5.41) is 26.8. The molecule has 0 fully saturated rings. The zero-order chi connectivity index (χ0) is 25.3. The summed E-state index contributed by atoms with van der Waals surface area (Å²) in [6.07, 6.45) is 5.38. The average Bonchev–Trinajstić information content (AvgIpc) is 3.42. The molecule has 0 aliphatic heterocycles. The first-order valence-electron chi connectivity index (χ1n) is 11.4. The molecule has 9 nitrogen and oxygen atoms in total. The van der Waals surface area contributed by atoms with Crippen LogP contribution in [0, 0.1) is 6.92 Å². The number of carbonyl (C=O) groups is 2. The molecular formula is C27H26N6O3. The zero-order valence-electron chi connectivity index (χ0n) is 19.7. The fraction of sp³-hybridized carbons (Fsp3) is 0.148. The molecule has 3 aromatic carbocycles. The number of rotatable bonds is 10. The third-order valence-corrected chi connectivity index (χ3v) is 5.55. The summed E-state index contributed by atoms with van der Waals surface area (Å²) in [5.74, 6) is -1.21. The van der Waals surface area contributed by atoms with Gasteiger partial charge >= 0.3 is 5.97 Å². The van der Waals surface area contributed by atoms with Gasteiger partial charge in [0, 0.05) is 23.9 Å². The molecular weight excluding hydrogens is 456 g/mol. The van der Waals surface area contributed by atoms with Crippen molar-refractivity contribution in [2.75, 3.05) is 11.9 Å². The Morgan fingerprint density at radius 3 is 2.53 bits per heavy atom. The molecule has 0 unspecified atom stereocenters. The van der Waals surface area contributed by atoms with Crippen molar-refractivity contribution in [3.05, 3.63) is 107 Å². The first-order chi connectivity index (χ1) is 17.5. The molecule has 0 radical (unpaired) electrons. The molecule has 3 N–H and O–H groups in total. The van der Waals surface area contributed by atoms with Crippen molar-refractivity contribution in [2.24, 2.45) is 0 Å². The number of benzene rings is 3. The minimum Gasteiger partial charge on any atom is -0.478 e. The first-order valence-corrected chi connectivity index (χ1v) is 11.4. The van der Waals surface area contributed by atoms with Gasteiger partial charge in [0.25, 0.3) is 0 Å². The summed E-state index contributed by atoms with van der Waals surface area (Å²) in [5.41, 5.74) is 4.71. The number of nitrogens with zero attached hydrogens (tertiary/aromatic N) is 4. The number of aromatic nitrogens is 4. The summed E-state index contributed by atoms with van der Waals surface area (Å²) in [4.78, 5) is 24.0. The van der Waals surface area contributed by atoms with E-state index in [-0.39, 0.29) is 17.5 Å². The van der Waals surface area contributed by atoms with Crippen molar-refractivity contribution >= 4 is 23.6 Å². The van der Waals surface area contributed by atoms with E-state index in [0.29, 0.717) is 13.0 Å². The number of hydrogen-bond acceptors (Lipinski definition) is 6. The van der Waals surface area contributed by atoms with Crippen LogP contribution in [0.15, 0.2) is 85.2 Å². The number of carbonyl (C=O) groups excluding carboxylic acids is 1. The van der Waals surface area contributed by atoms with Crippen LogP contribution in [0.2, 0.25) is 0 Å². The lowest BCUT2D eigenvalue weighted by Crippen LogP contribution is -2.40. The molecule has 1 heterocycles. The Morgan fingerprint density at radius 1 is 1.06 bits per heavy atom. The van der Waals surface area contributed by atoms with E-state index in [4.69, 9.17) is 5.11 Å². The predicted molar refractivity (Wildman–Crippen MR) is 137 cm³/mol. The van der Waals surface area contributed by atoms with Crippen LogP contribution < -0.4 is 10.6 Å². The summed E-state index contributed by atoms with van der Waals surface area (Å²) in [7, 11) is 0. The average molecular weight is 483 g/mol. The maximum absolute atomic E-state index is 12.9. The van der Waals surface area contributed by atoms with E-state index in [1.165, 1.54) is 12.4 Å². The maximum Gasteiger partial charge on any atom is 0.335 e. The highest BCUT2D eigenvalue weighted by atomic mass is 16.4. The summed E-state index contributed by atoms with van der Waals surface area (Å²) in [6.45, 7) is 2.44. The van der Waals surface area contributed by atoms with E-state index in [1.54, 1.807) is 35.0 Å². The van der Waals surface area contributed by atoms with Crippen LogP contribution in [0.25, 0.3) is 11.8 Å². The molecule has 1 aromatic heterocycles. The van der Waals surface area contributed by atoms with Gasteiger partial charge in [-0.15, -0.1) is 5.10 Å². The number of carboxylic acids is 1. The molecule has 4 aromatic rings. The molecule has 0 saturated carbocycles. The molecule has 0 bridgehead atoms. The molecule has 1 amide bonds. The van der Waals surface area contributed by atoms with Crippen LogP contribution in [0.5, 0.6) is 0 Å². The normalized spacial score (nSPS) is 11.8. The van der Waals surface area contributed by atoms with Gasteiger partial charge in [-0.05, 0) is 71.8 Å². The van der Waals surface area contributed by atoms with E-state index < -0.39 is 5.97 Å². The molecule has 182 valence electrons. The molecule has 0 aliphatic rings. The number of aromatic carboxylic acids is 1. The van der Waals surface area contributed by atoms with E-state index in [1.807, 2.05) is 55.5 Å². The van der Waals surface area contributed by atoms with E-state index >= 15 is 0 Å². The SMILES string of the molecule is Cc1ccc(-n2cnnn2)c(/C=C/C(=O)N[C@H](CNc2ccc(C(=O)O)cc2)Cc2ccccc2)c1. The van der Waals surface area contributed by atoms with Crippen molar-refractivity contribution in [3.63, 3.8) is 0 Å². The Morgan fingerprint density at radius 2 is 1.83 bits per heavy atom. The third-order valence-electron chi connectivity index (χ3n) is 5.55. The molecule has 36 heavy (non-hydrogen) atoms. The minimum absolute atomic E-state index is 0.208. The number of anilines is 1. The molecule has 0 aliphatic carbocycles. The van der Waals surface area contributed by atoms with Crippen molar-refractivity contribution < 1.29 is 14.7 Å². The Balaban J connectivity index is 1.46. The van der Waals surface area contributed by atoms with Gasteiger partial charge in [-0.25, -0.2) is 4.79 Å². The van der Waals surface area contributed by atoms with Gasteiger partial charge < -0.3 is 15.7 Å². The lowest BCUT2D eigenvalue weighted by molar-refractivity contribution is -0.117. The van der Waals surface area contributed by atoms with Gasteiger partial charge in [0.15, 0.2) is 0 Å². The van der Waals surface area contributed by atoms with E-state index in [2.05, 4.69) is 26.2 Å². The molecule has 4 rings (SSSR count). The Hall–Kier alpha value is -4.79. The number of amides is 1. The largest absolute Gasteiger partial charge is 0.478 e. The van der Waals surface area contributed by atoms with Gasteiger partial charge in [-0.1, -0.05) is 42.0 Å². The number of nitrogens with one attached hydrogen (secondary N) is 2. The highest BCUT2D eigenvalue weighted by Crippen LogP contribution is 2.17. The van der Waals surface area contributed by atoms with Crippen LogP contribution in [0.4, 0.5) is 5.69 Å². The Labute approximate surface area is 208 Å². The highest BCUT2D eigenvalue weighted by molar-refractivity contribution is 5.92. The van der Waals surface area contributed by atoms with Crippen molar-refractivity contribution in [1.82, 2.24) is 25.5 Å². The van der Waals surface area contributed by atoms with Crippen molar-refractivity contribution in [1.29, 1.82) is 0 Å². The Bertz CT molecular complexity index is 1340. The lowest BCUT2D eigenvalue weighted by atomic mass is 10.1. The van der Waals surface area contributed by atoms with Crippen LogP contribution in [0.3, 0.4) is 0 Å². The number of carboxylic acid groups (broad SMARTS) is 1. The number of hydrogen-bond donors (Lipinski definition) is 3. The number of aryl methyl sites for hydroxylation is 1.